The highest BCUT2D eigenvalue weighted by Gasteiger charge is 2.20. The molecule has 0 aliphatic heterocycles. The van der Waals surface area contributed by atoms with Crippen LogP contribution in [0.4, 0.5) is 5.69 Å². The van der Waals surface area contributed by atoms with Crippen LogP contribution in [0.25, 0.3) is 0 Å². The molecule has 6 nitrogen and oxygen atoms in total. The molecule has 0 heterocycles. The fourth-order valence-electron chi connectivity index (χ4n) is 3.13. The van der Waals surface area contributed by atoms with E-state index >= 15 is 0 Å². The summed E-state index contributed by atoms with van der Waals surface area (Å²) in [6.07, 6.45) is 1.74. The molecule has 0 unspecified atom stereocenters. The normalized spacial score (nSPS) is 12.3. The minimum absolute atomic E-state index is 0.146. The molecule has 1 N–H and O–H groups in total. The quantitative estimate of drug-likeness (QED) is 0.563. The van der Waals surface area contributed by atoms with Crippen molar-refractivity contribution in [3.63, 3.8) is 0 Å². The van der Waals surface area contributed by atoms with Crippen LogP contribution in [0.15, 0.2) is 36.4 Å². The van der Waals surface area contributed by atoms with Crippen LogP contribution in [-0.4, -0.2) is 39.8 Å². The number of amides is 1. The van der Waals surface area contributed by atoms with Crippen LogP contribution < -0.4 is 14.4 Å². The van der Waals surface area contributed by atoms with Crippen molar-refractivity contribution in [1.29, 1.82) is 0 Å². The van der Waals surface area contributed by atoms with Gasteiger partial charge >= 0.3 is 0 Å². The van der Waals surface area contributed by atoms with Gasteiger partial charge in [-0.15, -0.1) is 0 Å². The van der Waals surface area contributed by atoms with Gasteiger partial charge in [0.15, 0.2) is 0 Å². The van der Waals surface area contributed by atoms with Crippen molar-refractivity contribution in [1.82, 2.24) is 5.32 Å². The zero-order valence-electron chi connectivity index (χ0n) is 18.7. The van der Waals surface area contributed by atoms with Gasteiger partial charge in [0, 0.05) is 18.0 Å². The molecule has 0 bridgehead atoms. The summed E-state index contributed by atoms with van der Waals surface area (Å²) in [6.45, 7) is 8.27. The smallest absolute Gasteiger partial charge is 0.232 e. The van der Waals surface area contributed by atoms with E-state index in [1.54, 1.807) is 25.1 Å². The van der Waals surface area contributed by atoms with E-state index in [-0.39, 0.29) is 24.9 Å². The average Bonchev–Trinajstić information content (AvgIpc) is 2.68. The number of benzene rings is 2. The number of hydrogen-bond donors (Lipinski definition) is 1. The Balaban J connectivity index is 1.86. The Labute approximate surface area is 190 Å². The van der Waals surface area contributed by atoms with Gasteiger partial charge in [0.25, 0.3) is 0 Å². The second-order valence-corrected chi connectivity index (χ2v) is 10.2. The minimum Gasteiger partial charge on any atom is -0.491 e. The van der Waals surface area contributed by atoms with Crippen molar-refractivity contribution in [2.75, 3.05) is 23.7 Å². The van der Waals surface area contributed by atoms with Crippen LogP contribution in [0, 0.1) is 20.8 Å². The Kier molecular flexibility index (Phi) is 8.77. The van der Waals surface area contributed by atoms with E-state index < -0.39 is 10.0 Å². The molecule has 0 radical (unpaired) electrons. The molecule has 0 saturated carbocycles. The van der Waals surface area contributed by atoms with Crippen molar-refractivity contribution < 1.29 is 17.9 Å². The molecule has 2 aromatic carbocycles. The summed E-state index contributed by atoms with van der Waals surface area (Å²) in [7, 11) is -3.50. The summed E-state index contributed by atoms with van der Waals surface area (Å²) in [5.41, 5.74) is 3.58. The highest BCUT2D eigenvalue weighted by atomic mass is 35.5. The number of aryl methyl sites for hydroxylation is 2. The maximum Gasteiger partial charge on any atom is 0.232 e. The van der Waals surface area contributed by atoms with Gasteiger partial charge in [-0.3, -0.25) is 9.10 Å². The maximum absolute atomic E-state index is 12.3. The maximum atomic E-state index is 12.3. The largest absolute Gasteiger partial charge is 0.491 e. The lowest BCUT2D eigenvalue weighted by Crippen LogP contribution is -2.37. The molecule has 1 atom stereocenters. The fourth-order valence-corrected chi connectivity index (χ4v) is 4.31. The topological polar surface area (TPSA) is 75.7 Å². The molecule has 0 fully saturated rings. The lowest BCUT2D eigenvalue weighted by atomic mass is 10.1. The summed E-state index contributed by atoms with van der Waals surface area (Å²) >= 11 is 6.14. The fraction of sp³-hybridized carbons (Fsp3) is 0.435. The standard InChI is InChI=1S/C23H31ClN2O4S/c1-16-11-12-20(14-17(16)2)30-15-18(3)25-23(27)10-7-13-26(31(5,28)29)22-9-6-8-21(24)19(22)4/h6,8-9,11-12,14,18H,7,10,13,15H2,1-5H3,(H,25,27)/t18-/m0/s1. The number of nitrogens with zero attached hydrogens (tertiary/aromatic N) is 1. The molecule has 1 amide bonds. The van der Waals surface area contributed by atoms with Crippen LogP contribution >= 0.6 is 11.6 Å². The number of carbonyl (C=O) groups excluding carboxylic acids is 1. The van der Waals surface area contributed by atoms with E-state index in [0.29, 0.717) is 29.3 Å². The Morgan fingerprint density at radius 2 is 1.87 bits per heavy atom. The van der Waals surface area contributed by atoms with Crippen molar-refractivity contribution in [3.05, 3.63) is 58.1 Å². The summed E-state index contributed by atoms with van der Waals surface area (Å²) in [6, 6.07) is 10.9. The van der Waals surface area contributed by atoms with Gasteiger partial charge < -0.3 is 10.1 Å². The second-order valence-electron chi connectivity index (χ2n) is 7.85. The predicted molar refractivity (Wildman–Crippen MR) is 127 cm³/mol. The van der Waals surface area contributed by atoms with Crippen LogP contribution in [0.1, 0.15) is 36.5 Å². The SMILES string of the molecule is Cc1ccc(OC[C@H](C)NC(=O)CCCN(c2cccc(Cl)c2C)S(C)(=O)=O)cc1C. The third kappa shape index (κ3) is 7.43. The lowest BCUT2D eigenvalue weighted by Gasteiger charge is -2.24. The molecule has 170 valence electrons. The second kappa shape index (κ2) is 10.9. The molecule has 0 saturated heterocycles. The third-order valence-corrected chi connectivity index (χ3v) is 6.65. The van der Waals surface area contributed by atoms with Crippen molar-refractivity contribution in [2.24, 2.45) is 0 Å². The van der Waals surface area contributed by atoms with E-state index in [1.807, 2.05) is 39.0 Å². The molecule has 31 heavy (non-hydrogen) atoms. The van der Waals surface area contributed by atoms with Crippen LogP contribution in [0.3, 0.4) is 0 Å². The summed E-state index contributed by atoms with van der Waals surface area (Å²) < 4.78 is 31.6. The molecule has 2 aromatic rings. The molecule has 0 aliphatic carbocycles. The van der Waals surface area contributed by atoms with E-state index in [9.17, 15) is 13.2 Å². The Bertz CT molecular complexity index is 1020. The van der Waals surface area contributed by atoms with Gasteiger partial charge in [0.1, 0.15) is 12.4 Å². The van der Waals surface area contributed by atoms with Gasteiger partial charge in [0.05, 0.1) is 18.0 Å². The van der Waals surface area contributed by atoms with E-state index in [4.69, 9.17) is 16.3 Å². The van der Waals surface area contributed by atoms with Gasteiger partial charge in [0.2, 0.25) is 15.9 Å². The molecule has 0 aromatic heterocycles. The zero-order chi connectivity index (χ0) is 23.2. The van der Waals surface area contributed by atoms with Gasteiger partial charge in [-0.2, -0.15) is 0 Å². The van der Waals surface area contributed by atoms with Gasteiger partial charge in [-0.1, -0.05) is 23.7 Å². The van der Waals surface area contributed by atoms with Crippen molar-refractivity contribution in [2.45, 2.75) is 46.6 Å². The molecular formula is C23H31ClN2O4S. The number of ether oxygens (including phenoxy) is 1. The highest BCUT2D eigenvalue weighted by molar-refractivity contribution is 7.92. The summed E-state index contributed by atoms with van der Waals surface area (Å²) in [5, 5.41) is 3.40. The lowest BCUT2D eigenvalue weighted by molar-refractivity contribution is -0.121. The Hall–Kier alpha value is -2.25. The summed E-state index contributed by atoms with van der Waals surface area (Å²) in [4.78, 5) is 12.3. The number of halogens is 1. The molecule has 0 aliphatic rings. The molecule has 2 rings (SSSR count). The number of anilines is 1. The van der Waals surface area contributed by atoms with E-state index in [1.165, 1.54) is 9.87 Å². The first kappa shape index (κ1) is 25.0. The highest BCUT2D eigenvalue weighted by Crippen LogP contribution is 2.28. The summed E-state index contributed by atoms with van der Waals surface area (Å²) in [5.74, 6) is 0.623. The predicted octanol–water partition coefficient (Wildman–Crippen LogP) is 4.40. The van der Waals surface area contributed by atoms with Crippen LogP contribution in [-0.2, 0) is 14.8 Å². The number of sulfonamides is 1. The van der Waals surface area contributed by atoms with Crippen molar-refractivity contribution in [3.8, 4) is 5.75 Å². The number of hydrogen-bond acceptors (Lipinski definition) is 4. The molecule has 0 spiro atoms. The van der Waals surface area contributed by atoms with Gasteiger partial charge in [-0.25, -0.2) is 8.42 Å². The Morgan fingerprint density at radius 1 is 1.16 bits per heavy atom. The first-order valence-corrected chi connectivity index (χ1v) is 12.4. The van der Waals surface area contributed by atoms with Crippen molar-refractivity contribution >= 4 is 33.2 Å². The average molecular weight is 467 g/mol. The van der Waals surface area contributed by atoms with Crippen LogP contribution in [0.5, 0.6) is 5.75 Å². The molecule has 8 heteroatoms. The monoisotopic (exact) mass is 466 g/mol. The minimum atomic E-state index is -3.50. The van der Waals surface area contributed by atoms with Crippen LogP contribution in [0.2, 0.25) is 5.02 Å². The number of nitrogens with one attached hydrogen (secondary N) is 1. The first-order chi connectivity index (χ1) is 14.5. The third-order valence-electron chi connectivity index (χ3n) is 5.06. The number of carbonyl (C=O) groups is 1. The zero-order valence-corrected chi connectivity index (χ0v) is 20.3. The van der Waals surface area contributed by atoms with Gasteiger partial charge in [-0.05, 0) is 75.1 Å². The Morgan fingerprint density at radius 3 is 2.52 bits per heavy atom. The first-order valence-electron chi connectivity index (χ1n) is 10.2. The van der Waals surface area contributed by atoms with E-state index in [2.05, 4.69) is 5.32 Å². The molecular weight excluding hydrogens is 436 g/mol. The van der Waals surface area contributed by atoms with E-state index in [0.717, 1.165) is 17.6 Å². The number of rotatable bonds is 10.